The van der Waals surface area contributed by atoms with Gasteiger partial charge < -0.3 is 20.4 Å². The van der Waals surface area contributed by atoms with E-state index in [9.17, 15) is 9.59 Å². The first-order valence-electron chi connectivity index (χ1n) is 9.63. The number of benzene rings is 2. The third kappa shape index (κ3) is 5.44. The van der Waals surface area contributed by atoms with Gasteiger partial charge in [0.05, 0.1) is 6.20 Å². The Morgan fingerprint density at radius 3 is 2.34 bits per heavy atom. The number of carbonyl (C=O) groups excluding carboxylic acids is 2. The minimum atomic E-state index is -0.204. The predicted molar refractivity (Wildman–Crippen MR) is 111 cm³/mol. The Balaban J connectivity index is 1.24. The third-order valence-corrected chi connectivity index (χ3v) is 4.52. The van der Waals surface area contributed by atoms with E-state index in [0.717, 1.165) is 18.4 Å². The molecule has 29 heavy (non-hydrogen) atoms. The molecule has 1 aromatic heterocycles. The Morgan fingerprint density at radius 1 is 0.966 bits per heavy atom. The summed E-state index contributed by atoms with van der Waals surface area (Å²) in [6, 6.07) is 16.8. The van der Waals surface area contributed by atoms with Crippen LogP contribution in [0, 0.1) is 0 Å². The van der Waals surface area contributed by atoms with Gasteiger partial charge in [0.15, 0.2) is 11.7 Å². The van der Waals surface area contributed by atoms with E-state index in [1.54, 1.807) is 30.5 Å². The predicted octanol–water partition coefficient (Wildman–Crippen LogP) is 4.20. The van der Waals surface area contributed by atoms with E-state index in [1.165, 1.54) is 0 Å². The maximum atomic E-state index is 12.2. The first kappa shape index (κ1) is 18.7. The van der Waals surface area contributed by atoms with Crippen LogP contribution in [-0.2, 0) is 11.2 Å². The molecule has 0 unspecified atom stereocenters. The summed E-state index contributed by atoms with van der Waals surface area (Å²) < 4.78 is 5.72. The monoisotopic (exact) mass is 390 g/mol. The van der Waals surface area contributed by atoms with Crippen LogP contribution in [0.1, 0.15) is 25.2 Å². The number of urea groups is 1. The molecule has 0 saturated heterocycles. The number of rotatable bonds is 7. The lowest BCUT2D eigenvalue weighted by molar-refractivity contribution is -0.116. The first-order chi connectivity index (χ1) is 14.2. The number of aryl methyl sites for hydroxylation is 1. The molecule has 1 heterocycles. The summed E-state index contributed by atoms with van der Waals surface area (Å²) in [5.74, 6) is 1.09. The Bertz CT molecular complexity index is 979. The molecule has 3 N–H and O–H groups in total. The van der Waals surface area contributed by atoms with Crippen molar-refractivity contribution in [2.24, 2.45) is 0 Å². The SMILES string of the molecule is O=C(CCc1ncc(-c2ccccc2)o1)Nc1ccc(NC(=O)NC2CC2)cc1. The summed E-state index contributed by atoms with van der Waals surface area (Å²) in [6.07, 6.45) is 4.44. The van der Waals surface area contributed by atoms with Crippen LogP contribution in [0.5, 0.6) is 0 Å². The second-order valence-corrected chi connectivity index (χ2v) is 6.98. The van der Waals surface area contributed by atoms with Gasteiger partial charge in [-0.15, -0.1) is 0 Å². The van der Waals surface area contributed by atoms with Gasteiger partial charge in [0.25, 0.3) is 0 Å². The summed E-state index contributed by atoms with van der Waals surface area (Å²) >= 11 is 0. The molecule has 0 atom stereocenters. The highest BCUT2D eigenvalue weighted by Crippen LogP contribution is 2.21. The number of hydrogen-bond donors (Lipinski definition) is 3. The van der Waals surface area contributed by atoms with Crippen LogP contribution in [0.3, 0.4) is 0 Å². The van der Waals surface area contributed by atoms with Crippen LogP contribution in [-0.4, -0.2) is 23.0 Å². The zero-order chi connectivity index (χ0) is 20.1. The fourth-order valence-corrected chi connectivity index (χ4v) is 2.82. The molecule has 3 amide bonds. The van der Waals surface area contributed by atoms with Crippen LogP contribution in [0.2, 0.25) is 0 Å². The van der Waals surface area contributed by atoms with Crippen molar-refractivity contribution in [3.63, 3.8) is 0 Å². The number of anilines is 2. The standard InChI is InChI=1S/C22H22N4O3/c27-20(12-13-21-23-14-19(29-21)15-4-2-1-3-5-15)24-16-6-8-17(9-7-16)25-22(28)26-18-10-11-18/h1-9,14,18H,10-13H2,(H,24,27)(H2,25,26,28). The lowest BCUT2D eigenvalue weighted by Crippen LogP contribution is -2.30. The molecule has 2 aromatic carbocycles. The largest absolute Gasteiger partial charge is 0.441 e. The number of amides is 3. The lowest BCUT2D eigenvalue weighted by atomic mass is 10.2. The van der Waals surface area contributed by atoms with Crippen molar-refractivity contribution in [1.82, 2.24) is 10.3 Å². The number of nitrogens with one attached hydrogen (secondary N) is 3. The molecule has 0 bridgehead atoms. The molecule has 4 rings (SSSR count). The Morgan fingerprint density at radius 2 is 1.66 bits per heavy atom. The van der Waals surface area contributed by atoms with Gasteiger partial charge in [0, 0.05) is 35.8 Å². The van der Waals surface area contributed by atoms with E-state index in [0.29, 0.717) is 35.5 Å². The molecule has 7 heteroatoms. The first-order valence-corrected chi connectivity index (χ1v) is 9.63. The average Bonchev–Trinajstić information content (AvgIpc) is 3.41. The van der Waals surface area contributed by atoms with E-state index in [4.69, 9.17) is 4.42 Å². The van der Waals surface area contributed by atoms with Gasteiger partial charge in [-0.05, 0) is 37.1 Å². The number of aromatic nitrogens is 1. The molecule has 0 spiro atoms. The quantitative estimate of drug-likeness (QED) is 0.563. The molecular formula is C22H22N4O3. The van der Waals surface area contributed by atoms with Crippen LogP contribution in [0.25, 0.3) is 11.3 Å². The van der Waals surface area contributed by atoms with Crippen molar-refractivity contribution < 1.29 is 14.0 Å². The maximum absolute atomic E-state index is 12.2. The normalized spacial score (nSPS) is 13.0. The number of hydrogen-bond acceptors (Lipinski definition) is 4. The summed E-state index contributed by atoms with van der Waals surface area (Å²) in [5.41, 5.74) is 2.30. The van der Waals surface area contributed by atoms with Gasteiger partial charge in [-0.1, -0.05) is 30.3 Å². The van der Waals surface area contributed by atoms with E-state index in [2.05, 4.69) is 20.9 Å². The number of carbonyl (C=O) groups is 2. The van der Waals surface area contributed by atoms with E-state index in [-0.39, 0.29) is 18.4 Å². The van der Waals surface area contributed by atoms with Gasteiger partial charge in [0.1, 0.15) is 0 Å². The minimum Gasteiger partial charge on any atom is -0.441 e. The third-order valence-electron chi connectivity index (χ3n) is 4.52. The van der Waals surface area contributed by atoms with Gasteiger partial charge in [-0.3, -0.25) is 4.79 Å². The van der Waals surface area contributed by atoms with Gasteiger partial charge in [0.2, 0.25) is 5.91 Å². The highest BCUT2D eigenvalue weighted by Gasteiger charge is 2.23. The molecule has 1 fully saturated rings. The molecule has 148 valence electrons. The zero-order valence-corrected chi connectivity index (χ0v) is 15.9. The fraction of sp³-hybridized carbons (Fsp3) is 0.227. The number of oxazole rings is 1. The highest BCUT2D eigenvalue weighted by atomic mass is 16.4. The molecule has 0 radical (unpaired) electrons. The van der Waals surface area contributed by atoms with Crippen LogP contribution < -0.4 is 16.0 Å². The smallest absolute Gasteiger partial charge is 0.319 e. The van der Waals surface area contributed by atoms with Crippen LogP contribution in [0.4, 0.5) is 16.2 Å². The number of nitrogens with zero attached hydrogens (tertiary/aromatic N) is 1. The summed E-state index contributed by atoms with van der Waals surface area (Å²) in [5, 5.41) is 8.47. The van der Waals surface area contributed by atoms with Gasteiger partial charge >= 0.3 is 6.03 Å². The van der Waals surface area contributed by atoms with E-state index >= 15 is 0 Å². The topological polar surface area (TPSA) is 96.3 Å². The van der Waals surface area contributed by atoms with Crippen molar-refractivity contribution in [3.8, 4) is 11.3 Å². The highest BCUT2D eigenvalue weighted by molar-refractivity contribution is 5.92. The molecule has 7 nitrogen and oxygen atoms in total. The molecule has 1 saturated carbocycles. The average molecular weight is 390 g/mol. The van der Waals surface area contributed by atoms with Crippen LogP contribution in [0.15, 0.2) is 65.2 Å². The molecular weight excluding hydrogens is 368 g/mol. The van der Waals surface area contributed by atoms with Gasteiger partial charge in [-0.25, -0.2) is 9.78 Å². The van der Waals surface area contributed by atoms with Crippen molar-refractivity contribution >= 4 is 23.3 Å². The Labute approximate surface area is 168 Å². The lowest BCUT2D eigenvalue weighted by Gasteiger charge is -2.08. The molecule has 1 aliphatic carbocycles. The Hall–Kier alpha value is -3.61. The molecule has 3 aromatic rings. The van der Waals surface area contributed by atoms with Crippen LogP contribution >= 0.6 is 0 Å². The zero-order valence-electron chi connectivity index (χ0n) is 15.9. The van der Waals surface area contributed by atoms with Gasteiger partial charge in [-0.2, -0.15) is 0 Å². The van der Waals surface area contributed by atoms with Crippen molar-refractivity contribution in [2.75, 3.05) is 10.6 Å². The molecule has 1 aliphatic rings. The van der Waals surface area contributed by atoms with E-state index < -0.39 is 0 Å². The fourth-order valence-electron chi connectivity index (χ4n) is 2.82. The second-order valence-electron chi connectivity index (χ2n) is 6.98. The Kier molecular flexibility index (Phi) is 5.56. The maximum Gasteiger partial charge on any atom is 0.319 e. The summed E-state index contributed by atoms with van der Waals surface area (Å²) in [6.45, 7) is 0. The summed E-state index contributed by atoms with van der Waals surface area (Å²) in [7, 11) is 0. The van der Waals surface area contributed by atoms with Crippen molar-refractivity contribution in [3.05, 3.63) is 66.7 Å². The van der Waals surface area contributed by atoms with Crippen molar-refractivity contribution in [1.29, 1.82) is 0 Å². The van der Waals surface area contributed by atoms with Crippen molar-refractivity contribution in [2.45, 2.75) is 31.7 Å². The minimum absolute atomic E-state index is 0.128. The summed E-state index contributed by atoms with van der Waals surface area (Å²) in [4.78, 5) is 28.2. The second kappa shape index (κ2) is 8.60. The molecule has 0 aliphatic heterocycles. The van der Waals surface area contributed by atoms with E-state index in [1.807, 2.05) is 30.3 Å².